The molecule has 4 nitrogen and oxygen atoms in total. The zero-order valence-corrected chi connectivity index (χ0v) is 17.5. The van der Waals surface area contributed by atoms with Crippen LogP contribution in [0.3, 0.4) is 0 Å². The van der Waals surface area contributed by atoms with Crippen molar-refractivity contribution < 1.29 is 4.79 Å². The number of carbonyl (C=O) groups excluding carboxylic acids is 1. The van der Waals surface area contributed by atoms with Crippen LogP contribution in [0.2, 0.25) is 0 Å². The number of carbonyl (C=O) groups is 1. The minimum Gasteiger partial charge on any atom is -0.381 e. The molecule has 1 saturated carbocycles. The molecule has 1 aromatic heterocycles. The van der Waals surface area contributed by atoms with Crippen LogP contribution in [-0.2, 0) is 11.2 Å². The highest BCUT2D eigenvalue weighted by molar-refractivity contribution is 5.93. The molecule has 1 aliphatic carbocycles. The van der Waals surface area contributed by atoms with Gasteiger partial charge >= 0.3 is 0 Å². The summed E-state index contributed by atoms with van der Waals surface area (Å²) in [5, 5.41) is 9.94. The van der Waals surface area contributed by atoms with Gasteiger partial charge in [0.25, 0.3) is 0 Å². The Kier molecular flexibility index (Phi) is 4.45. The number of aromatic nitrogens is 2. The fourth-order valence-corrected chi connectivity index (χ4v) is 4.58. The van der Waals surface area contributed by atoms with E-state index in [9.17, 15) is 4.79 Å². The van der Waals surface area contributed by atoms with E-state index in [1.165, 1.54) is 40.6 Å². The Morgan fingerprint density at radius 1 is 1.24 bits per heavy atom. The molecule has 1 N–H and O–H groups in total. The number of anilines is 1. The van der Waals surface area contributed by atoms with Crippen LogP contribution in [0, 0.1) is 0 Å². The Labute approximate surface area is 172 Å². The van der Waals surface area contributed by atoms with Crippen LogP contribution in [0.5, 0.6) is 0 Å². The zero-order valence-electron chi connectivity index (χ0n) is 17.5. The minimum atomic E-state index is 0.156. The first-order valence-corrected chi connectivity index (χ1v) is 11.0. The molecule has 0 amide bonds. The molecule has 1 fully saturated rings. The predicted molar refractivity (Wildman–Crippen MR) is 119 cm³/mol. The Balaban J connectivity index is 1.66. The SMILES string of the molecule is CC[C@H](C)n1nc(C2CC2)c2cc(-c3cccc4c3N[C@H](C)CC(=O)C4)ccc21. The van der Waals surface area contributed by atoms with Crippen LogP contribution < -0.4 is 5.32 Å². The molecule has 0 unspecified atom stereocenters. The molecule has 2 aliphatic rings. The molecule has 29 heavy (non-hydrogen) atoms. The highest BCUT2D eigenvalue weighted by Gasteiger charge is 2.30. The molecule has 1 aliphatic heterocycles. The molecule has 5 rings (SSSR count). The van der Waals surface area contributed by atoms with Crippen LogP contribution in [0.4, 0.5) is 5.69 Å². The number of rotatable bonds is 4. The summed E-state index contributed by atoms with van der Waals surface area (Å²) in [7, 11) is 0. The Morgan fingerprint density at radius 2 is 2.07 bits per heavy atom. The van der Waals surface area contributed by atoms with Gasteiger partial charge in [0, 0.05) is 47.5 Å². The average Bonchev–Trinajstić information content (AvgIpc) is 3.50. The number of para-hydroxylation sites is 1. The molecule has 2 atom stereocenters. The second kappa shape index (κ2) is 7.01. The summed E-state index contributed by atoms with van der Waals surface area (Å²) in [6.07, 6.45) is 4.67. The van der Waals surface area contributed by atoms with Crippen LogP contribution in [0.1, 0.15) is 69.7 Å². The summed E-state index contributed by atoms with van der Waals surface area (Å²) in [6.45, 7) is 6.56. The largest absolute Gasteiger partial charge is 0.381 e. The number of hydrogen-bond donors (Lipinski definition) is 1. The third-order valence-electron chi connectivity index (χ3n) is 6.48. The van der Waals surface area contributed by atoms with Gasteiger partial charge in [-0.25, -0.2) is 0 Å². The summed E-state index contributed by atoms with van der Waals surface area (Å²) in [5.41, 5.74) is 7.12. The molecule has 0 spiro atoms. The zero-order chi connectivity index (χ0) is 20.1. The number of benzene rings is 2. The van der Waals surface area contributed by atoms with Gasteiger partial charge in [-0.2, -0.15) is 5.10 Å². The summed E-state index contributed by atoms with van der Waals surface area (Å²) < 4.78 is 2.22. The van der Waals surface area contributed by atoms with Crippen molar-refractivity contribution in [3.8, 4) is 11.1 Å². The van der Waals surface area contributed by atoms with E-state index >= 15 is 0 Å². The van der Waals surface area contributed by atoms with Crippen molar-refractivity contribution in [2.24, 2.45) is 0 Å². The van der Waals surface area contributed by atoms with Crippen molar-refractivity contribution >= 4 is 22.4 Å². The smallest absolute Gasteiger partial charge is 0.139 e. The van der Waals surface area contributed by atoms with E-state index in [0.29, 0.717) is 30.6 Å². The lowest BCUT2D eigenvalue weighted by Crippen LogP contribution is -2.17. The second-order valence-corrected chi connectivity index (χ2v) is 8.90. The van der Waals surface area contributed by atoms with Gasteiger partial charge in [0.2, 0.25) is 0 Å². The van der Waals surface area contributed by atoms with Crippen molar-refractivity contribution in [3.63, 3.8) is 0 Å². The number of fused-ring (bicyclic) bond motifs is 2. The molecular formula is C25H29N3O. The van der Waals surface area contributed by atoms with Crippen molar-refractivity contribution in [2.75, 3.05) is 5.32 Å². The maximum absolute atomic E-state index is 12.2. The monoisotopic (exact) mass is 387 g/mol. The van der Waals surface area contributed by atoms with Crippen molar-refractivity contribution in [1.82, 2.24) is 9.78 Å². The normalized spacial score (nSPS) is 20.2. The third kappa shape index (κ3) is 3.25. The molecule has 0 bridgehead atoms. The van der Waals surface area contributed by atoms with E-state index < -0.39 is 0 Å². The lowest BCUT2D eigenvalue weighted by Gasteiger charge is -2.17. The van der Waals surface area contributed by atoms with E-state index in [-0.39, 0.29) is 6.04 Å². The van der Waals surface area contributed by atoms with Crippen molar-refractivity contribution in [2.45, 2.75) is 70.9 Å². The van der Waals surface area contributed by atoms with Gasteiger partial charge in [-0.3, -0.25) is 9.48 Å². The van der Waals surface area contributed by atoms with Crippen LogP contribution in [0.15, 0.2) is 36.4 Å². The van der Waals surface area contributed by atoms with Crippen molar-refractivity contribution in [1.29, 1.82) is 0 Å². The highest BCUT2D eigenvalue weighted by atomic mass is 16.1. The van der Waals surface area contributed by atoms with Gasteiger partial charge in [-0.05, 0) is 56.4 Å². The standard InChI is InChI=1S/C25H29N3O/c1-4-16(3)28-23-11-10-18(14-22(23)25(27-28)17-8-9-17)21-7-5-6-19-13-20(29)12-15(2)26-24(19)21/h5-7,10-11,14-17,26H,4,8-9,12-13H2,1-3H3/t15-,16+/m1/s1. The van der Waals surface area contributed by atoms with Gasteiger partial charge in [0.1, 0.15) is 5.78 Å². The molecule has 0 saturated heterocycles. The fraction of sp³-hybridized carbons (Fsp3) is 0.440. The molecule has 4 heteroatoms. The van der Waals surface area contributed by atoms with E-state index in [4.69, 9.17) is 5.10 Å². The topological polar surface area (TPSA) is 46.9 Å². The van der Waals surface area contributed by atoms with Crippen LogP contribution in [0.25, 0.3) is 22.0 Å². The van der Waals surface area contributed by atoms with Crippen LogP contribution >= 0.6 is 0 Å². The molecule has 0 radical (unpaired) electrons. The van der Waals surface area contributed by atoms with E-state index in [1.807, 2.05) is 0 Å². The molecule has 3 aromatic rings. The van der Waals surface area contributed by atoms with E-state index in [0.717, 1.165) is 17.7 Å². The number of ketones is 1. The Morgan fingerprint density at radius 3 is 2.83 bits per heavy atom. The predicted octanol–water partition coefficient (Wildman–Crippen LogP) is 5.87. The second-order valence-electron chi connectivity index (χ2n) is 8.90. The summed E-state index contributed by atoms with van der Waals surface area (Å²) in [6, 6.07) is 13.7. The van der Waals surface area contributed by atoms with E-state index in [1.54, 1.807) is 0 Å². The first-order valence-electron chi connectivity index (χ1n) is 11.0. The van der Waals surface area contributed by atoms with Gasteiger partial charge < -0.3 is 5.32 Å². The molecule has 150 valence electrons. The van der Waals surface area contributed by atoms with Crippen LogP contribution in [-0.4, -0.2) is 21.6 Å². The highest BCUT2D eigenvalue weighted by Crippen LogP contribution is 2.44. The summed E-state index contributed by atoms with van der Waals surface area (Å²) in [5.74, 6) is 0.920. The van der Waals surface area contributed by atoms with Gasteiger partial charge in [-0.15, -0.1) is 0 Å². The Bertz CT molecular complexity index is 1090. The summed E-state index contributed by atoms with van der Waals surface area (Å²) >= 11 is 0. The first-order chi connectivity index (χ1) is 14.0. The van der Waals surface area contributed by atoms with E-state index in [2.05, 4.69) is 67.2 Å². The molecule has 2 heterocycles. The summed E-state index contributed by atoms with van der Waals surface area (Å²) in [4.78, 5) is 12.2. The van der Waals surface area contributed by atoms with Gasteiger partial charge in [0.05, 0.1) is 11.2 Å². The van der Waals surface area contributed by atoms with Crippen molar-refractivity contribution in [3.05, 3.63) is 47.7 Å². The maximum atomic E-state index is 12.2. The quantitative estimate of drug-likeness (QED) is 0.609. The number of hydrogen-bond acceptors (Lipinski definition) is 3. The lowest BCUT2D eigenvalue weighted by atomic mass is 9.96. The molecular weight excluding hydrogens is 358 g/mol. The average molecular weight is 388 g/mol. The molecule has 2 aromatic carbocycles. The number of nitrogens with zero attached hydrogens (tertiary/aromatic N) is 2. The third-order valence-corrected chi connectivity index (χ3v) is 6.48. The van der Waals surface area contributed by atoms with Gasteiger partial charge in [-0.1, -0.05) is 31.2 Å². The Hall–Kier alpha value is -2.62. The minimum absolute atomic E-state index is 0.156. The lowest BCUT2D eigenvalue weighted by molar-refractivity contribution is -0.118. The maximum Gasteiger partial charge on any atom is 0.139 e. The number of Topliss-reactive ketones (excluding diaryl/α,β-unsaturated/α-hetero) is 1. The first kappa shape index (κ1) is 18.4. The number of nitrogens with one attached hydrogen (secondary N) is 1. The fourth-order valence-electron chi connectivity index (χ4n) is 4.58. The van der Waals surface area contributed by atoms with Gasteiger partial charge in [0.15, 0.2) is 0 Å².